The number of hydrogen-bond donors (Lipinski definition) is 1. The molecule has 3 heteroatoms. The summed E-state index contributed by atoms with van der Waals surface area (Å²) in [4.78, 5) is 0. The van der Waals surface area contributed by atoms with Crippen LogP contribution in [0.2, 0.25) is 5.02 Å². The third-order valence-electron chi connectivity index (χ3n) is 3.42. The number of nitrogens with two attached hydrogens (primary N) is 1. The first-order valence-electron chi connectivity index (χ1n) is 6.78. The molecule has 2 N–H and O–H groups in total. The topological polar surface area (TPSA) is 35.2 Å². The number of aryl methyl sites for hydroxylation is 2. The molecule has 0 aliphatic rings. The van der Waals surface area contributed by atoms with Gasteiger partial charge < -0.3 is 10.5 Å². The lowest BCUT2D eigenvalue weighted by Gasteiger charge is -2.13. The first-order valence-corrected chi connectivity index (χ1v) is 7.16. The van der Waals surface area contributed by atoms with Crippen LogP contribution in [0.15, 0.2) is 36.4 Å². The van der Waals surface area contributed by atoms with E-state index in [-0.39, 0.29) is 0 Å². The third-order valence-corrected chi connectivity index (χ3v) is 3.71. The van der Waals surface area contributed by atoms with Crippen LogP contribution in [-0.2, 0) is 13.0 Å². The van der Waals surface area contributed by atoms with Gasteiger partial charge >= 0.3 is 0 Å². The molecule has 0 bridgehead atoms. The molecule has 0 aliphatic heterocycles. The lowest BCUT2D eigenvalue weighted by atomic mass is 10.1. The lowest BCUT2D eigenvalue weighted by Crippen LogP contribution is -2.06. The van der Waals surface area contributed by atoms with Crippen molar-refractivity contribution >= 4 is 11.6 Å². The molecule has 0 aromatic heterocycles. The van der Waals surface area contributed by atoms with Crippen molar-refractivity contribution in [3.05, 3.63) is 63.7 Å². The molecular weight excluding hydrogens is 270 g/mol. The Balaban J connectivity index is 2.15. The van der Waals surface area contributed by atoms with Crippen LogP contribution in [0.5, 0.6) is 5.75 Å². The van der Waals surface area contributed by atoms with Crippen LogP contribution in [-0.4, -0.2) is 6.54 Å². The number of halogens is 1. The predicted molar refractivity (Wildman–Crippen MR) is 84.5 cm³/mol. The maximum absolute atomic E-state index is 6.22. The molecule has 0 heterocycles. The van der Waals surface area contributed by atoms with Gasteiger partial charge in [-0.05, 0) is 55.1 Å². The molecule has 2 aromatic rings. The quantitative estimate of drug-likeness (QED) is 0.902. The standard InChI is InChI=1S/C17H20ClNO/c1-12-6-7-14(10-13(12)2)11-20-17-15(8-9-19)4-3-5-16(17)18/h3-7,10H,8-9,11,19H2,1-2H3. The van der Waals surface area contributed by atoms with E-state index in [4.69, 9.17) is 22.1 Å². The van der Waals surface area contributed by atoms with Crippen molar-refractivity contribution in [2.45, 2.75) is 26.9 Å². The van der Waals surface area contributed by atoms with E-state index >= 15 is 0 Å². The first kappa shape index (κ1) is 14.9. The van der Waals surface area contributed by atoms with Crippen molar-refractivity contribution < 1.29 is 4.74 Å². The maximum atomic E-state index is 6.22. The van der Waals surface area contributed by atoms with Gasteiger partial charge in [0, 0.05) is 0 Å². The zero-order valence-corrected chi connectivity index (χ0v) is 12.7. The van der Waals surface area contributed by atoms with E-state index in [1.165, 1.54) is 11.1 Å². The van der Waals surface area contributed by atoms with Crippen molar-refractivity contribution in [1.29, 1.82) is 0 Å². The molecule has 0 saturated heterocycles. The molecule has 2 rings (SSSR count). The fourth-order valence-electron chi connectivity index (χ4n) is 2.12. The minimum atomic E-state index is 0.516. The second-order valence-corrected chi connectivity index (χ2v) is 5.38. The van der Waals surface area contributed by atoms with Gasteiger partial charge in [-0.25, -0.2) is 0 Å². The van der Waals surface area contributed by atoms with E-state index < -0.39 is 0 Å². The van der Waals surface area contributed by atoms with E-state index in [0.29, 0.717) is 18.2 Å². The number of hydrogen-bond acceptors (Lipinski definition) is 2. The Bertz CT molecular complexity index is 596. The molecule has 0 unspecified atom stereocenters. The Morgan fingerprint density at radius 2 is 1.90 bits per heavy atom. The van der Waals surface area contributed by atoms with Gasteiger partial charge in [0.05, 0.1) is 5.02 Å². The zero-order valence-electron chi connectivity index (χ0n) is 11.9. The normalized spacial score (nSPS) is 10.6. The van der Waals surface area contributed by atoms with E-state index in [9.17, 15) is 0 Å². The average Bonchev–Trinajstić information content (AvgIpc) is 2.42. The summed E-state index contributed by atoms with van der Waals surface area (Å²) < 4.78 is 5.91. The van der Waals surface area contributed by atoms with E-state index in [1.807, 2.05) is 18.2 Å². The van der Waals surface area contributed by atoms with Crippen molar-refractivity contribution in [1.82, 2.24) is 0 Å². The van der Waals surface area contributed by atoms with Gasteiger partial charge in [-0.1, -0.05) is 41.9 Å². The summed E-state index contributed by atoms with van der Waals surface area (Å²) in [6.07, 6.45) is 0.767. The fourth-order valence-corrected chi connectivity index (χ4v) is 2.36. The molecule has 0 aliphatic carbocycles. The maximum Gasteiger partial charge on any atom is 0.141 e. The SMILES string of the molecule is Cc1ccc(COc2c(Cl)cccc2CCN)cc1C. The predicted octanol–water partition coefficient (Wildman–Crippen LogP) is 4.04. The number of benzene rings is 2. The fraction of sp³-hybridized carbons (Fsp3) is 0.294. The van der Waals surface area contributed by atoms with Crippen LogP contribution in [0.3, 0.4) is 0 Å². The van der Waals surface area contributed by atoms with Gasteiger partial charge in [0.15, 0.2) is 0 Å². The molecule has 106 valence electrons. The van der Waals surface area contributed by atoms with Crippen LogP contribution in [0, 0.1) is 13.8 Å². The van der Waals surface area contributed by atoms with E-state index in [2.05, 4.69) is 32.0 Å². The van der Waals surface area contributed by atoms with Crippen LogP contribution >= 0.6 is 11.6 Å². The smallest absolute Gasteiger partial charge is 0.141 e. The van der Waals surface area contributed by atoms with Crippen LogP contribution in [0.4, 0.5) is 0 Å². The largest absolute Gasteiger partial charge is 0.487 e. The number of rotatable bonds is 5. The summed E-state index contributed by atoms with van der Waals surface area (Å²) in [6, 6.07) is 12.1. The molecule has 0 spiro atoms. The van der Waals surface area contributed by atoms with Crippen molar-refractivity contribution in [2.24, 2.45) is 5.73 Å². The van der Waals surface area contributed by atoms with Gasteiger partial charge in [-0.2, -0.15) is 0 Å². The molecule has 2 nitrogen and oxygen atoms in total. The summed E-state index contributed by atoms with van der Waals surface area (Å²) >= 11 is 6.22. The zero-order chi connectivity index (χ0) is 14.5. The van der Waals surface area contributed by atoms with Crippen molar-refractivity contribution in [3.8, 4) is 5.75 Å². The third kappa shape index (κ3) is 3.53. The highest BCUT2D eigenvalue weighted by Crippen LogP contribution is 2.29. The van der Waals surface area contributed by atoms with Gasteiger partial charge in [-0.3, -0.25) is 0 Å². The first-order chi connectivity index (χ1) is 9.61. The highest BCUT2D eigenvalue weighted by molar-refractivity contribution is 6.32. The summed E-state index contributed by atoms with van der Waals surface area (Å²) in [5, 5.41) is 0.639. The van der Waals surface area contributed by atoms with Crippen molar-refractivity contribution in [2.75, 3.05) is 6.54 Å². The summed E-state index contributed by atoms with van der Waals surface area (Å²) in [7, 11) is 0. The number of ether oxygens (including phenoxy) is 1. The Morgan fingerprint density at radius 3 is 2.60 bits per heavy atom. The monoisotopic (exact) mass is 289 g/mol. The van der Waals surface area contributed by atoms with E-state index in [0.717, 1.165) is 23.3 Å². The summed E-state index contributed by atoms with van der Waals surface area (Å²) in [6.45, 7) is 5.31. The molecule has 2 aromatic carbocycles. The molecule has 0 fully saturated rings. The molecule has 0 amide bonds. The van der Waals surface area contributed by atoms with Crippen molar-refractivity contribution in [3.63, 3.8) is 0 Å². The Kier molecular flexibility index (Phi) is 5.05. The number of para-hydroxylation sites is 1. The Hall–Kier alpha value is -1.51. The average molecular weight is 290 g/mol. The van der Waals surface area contributed by atoms with Crippen LogP contribution < -0.4 is 10.5 Å². The van der Waals surface area contributed by atoms with Gasteiger partial charge in [0.1, 0.15) is 12.4 Å². The Morgan fingerprint density at radius 1 is 1.10 bits per heavy atom. The minimum absolute atomic E-state index is 0.516. The lowest BCUT2D eigenvalue weighted by molar-refractivity contribution is 0.303. The second-order valence-electron chi connectivity index (χ2n) is 4.97. The molecule has 0 atom stereocenters. The Labute approximate surface area is 125 Å². The van der Waals surface area contributed by atoms with Gasteiger partial charge in [0.25, 0.3) is 0 Å². The second kappa shape index (κ2) is 6.78. The molecule has 0 saturated carbocycles. The van der Waals surface area contributed by atoms with E-state index in [1.54, 1.807) is 0 Å². The summed E-state index contributed by atoms with van der Waals surface area (Å²) in [5.41, 5.74) is 10.4. The minimum Gasteiger partial charge on any atom is -0.487 e. The molecule has 0 radical (unpaired) electrons. The molecule has 20 heavy (non-hydrogen) atoms. The van der Waals surface area contributed by atoms with Crippen LogP contribution in [0.25, 0.3) is 0 Å². The highest BCUT2D eigenvalue weighted by Gasteiger charge is 2.08. The van der Waals surface area contributed by atoms with Gasteiger partial charge in [-0.15, -0.1) is 0 Å². The molecular formula is C17H20ClNO. The van der Waals surface area contributed by atoms with Gasteiger partial charge in [0.2, 0.25) is 0 Å². The summed E-state index contributed by atoms with van der Waals surface area (Å²) in [5.74, 6) is 0.748. The van der Waals surface area contributed by atoms with Crippen LogP contribution in [0.1, 0.15) is 22.3 Å². The highest BCUT2D eigenvalue weighted by atomic mass is 35.5.